The largest absolute Gasteiger partial charge is 0.483 e. The molecule has 1 atom stereocenters. The van der Waals surface area contributed by atoms with Crippen molar-refractivity contribution in [1.82, 2.24) is 10.2 Å². The Morgan fingerprint density at radius 1 is 1.14 bits per heavy atom. The van der Waals surface area contributed by atoms with Crippen LogP contribution in [0, 0.1) is 13.8 Å². The van der Waals surface area contributed by atoms with Crippen molar-refractivity contribution >= 4 is 27.7 Å². The third-order valence-electron chi connectivity index (χ3n) is 4.47. The van der Waals surface area contributed by atoms with E-state index in [1.54, 1.807) is 11.8 Å². The Bertz CT molecular complexity index is 821. The van der Waals surface area contributed by atoms with Crippen LogP contribution in [0.4, 0.5) is 0 Å². The van der Waals surface area contributed by atoms with Gasteiger partial charge >= 0.3 is 0 Å². The van der Waals surface area contributed by atoms with Crippen molar-refractivity contribution in [2.45, 2.75) is 40.3 Å². The Labute approximate surface area is 175 Å². The van der Waals surface area contributed by atoms with Gasteiger partial charge in [-0.2, -0.15) is 0 Å². The molecule has 2 aromatic rings. The SMILES string of the molecule is CCNC(=O)[C@H](C)N(Cc1ccc(Br)cc1)C(=O)COc1ccc(C)cc1C. The highest BCUT2D eigenvalue weighted by atomic mass is 79.9. The molecule has 2 rings (SSSR count). The minimum absolute atomic E-state index is 0.121. The summed E-state index contributed by atoms with van der Waals surface area (Å²) in [5, 5.41) is 2.78. The van der Waals surface area contributed by atoms with Crippen LogP contribution in [-0.4, -0.2) is 35.9 Å². The van der Waals surface area contributed by atoms with Gasteiger partial charge in [-0.05, 0) is 57.0 Å². The molecule has 0 bridgehead atoms. The highest BCUT2D eigenvalue weighted by Gasteiger charge is 2.26. The van der Waals surface area contributed by atoms with Crippen molar-refractivity contribution in [3.8, 4) is 5.75 Å². The molecule has 0 saturated heterocycles. The standard InChI is InChI=1S/C22H27BrN2O3/c1-5-24-22(27)17(4)25(13-18-7-9-19(23)10-8-18)21(26)14-28-20-11-6-15(2)12-16(20)3/h6-12,17H,5,13-14H2,1-4H3,(H,24,27)/t17-/m0/s1. The van der Waals surface area contributed by atoms with Gasteiger partial charge < -0.3 is 15.0 Å². The van der Waals surface area contributed by atoms with Gasteiger partial charge in [0.15, 0.2) is 6.61 Å². The van der Waals surface area contributed by atoms with E-state index < -0.39 is 6.04 Å². The van der Waals surface area contributed by atoms with Crippen LogP contribution in [0.2, 0.25) is 0 Å². The van der Waals surface area contributed by atoms with Crippen molar-refractivity contribution in [1.29, 1.82) is 0 Å². The highest BCUT2D eigenvalue weighted by molar-refractivity contribution is 9.10. The second kappa shape index (κ2) is 10.3. The minimum Gasteiger partial charge on any atom is -0.483 e. The van der Waals surface area contributed by atoms with Gasteiger partial charge in [-0.15, -0.1) is 0 Å². The summed E-state index contributed by atoms with van der Waals surface area (Å²) in [5.41, 5.74) is 3.06. The zero-order valence-corrected chi connectivity index (χ0v) is 18.4. The topological polar surface area (TPSA) is 58.6 Å². The van der Waals surface area contributed by atoms with E-state index in [1.807, 2.05) is 63.2 Å². The fourth-order valence-corrected chi connectivity index (χ4v) is 3.14. The first-order valence-corrected chi connectivity index (χ1v) is 10.1. The fourth-order valence-electron chi connectivity index (χ4n) is 2.87. The summed E-state index contributed by atoms with van der Waals surface area (Å²) >= 11 is 3.41. The number of carbonyl (C=O) groups excluding carboxylic acids is 2. The number of hydrogen-bond donors (Lipinski definition) is 1. The minimum atomic E-state index is -0.598. The molecule has 1 N–H and O–H groups in total. The lowest BCUT2D eigenvalue weighted by atomic mass is 10.1. The van der Waals surface area contributed by atoms with E-state index in [1.165, 1.54) is 0 Å². The zero-order valence-electron chi connectivity index (χ0n) is 16.8. The number of amides is 2. The lowest BCUT2D eigenvalue weighted by Crippen LogP contribution is -2.49. The molecule has 28 heavy (non-hydrogen) atoms. The summed E-state index contributed by atoms with van der Waals surface area (Å²) in [4.78, 5) is 26.8. The summed E-state index contributed by atoms with van der Waals surface area (Å²) in [6.07, 6.45) is 0. The van der Waals surface area contributed by atoms with E-state index >= 15 is 0 Å². The first-order chi connectivity index (χ1) is 13.3. The first-order valence-electron chi connectivity index (χ1n) is 9.33. The van der Waals surface area contributed by atoms with E-state index in [-0.39, 0.29) is 18.4 Å². The Hall–Kier alpha value is -2.34. The predicted octanol–water partition coefficient (Wildman–Crippen LogP) is 4.00. The number of halogens is 1. The van der Waals surface area contributed by atoms with Crippen LogP contribution in [0.3, 0.4) is 0 Å². The molecule has 0 fully saturated rings. The molecule has 5 nitrogen and oxygen atoms in total. The number of likely N-dealkylation sites (N-methyl/N-ethyl adjacent to an activating group) is 1. The maximum absolute atomic E-state index is 12.9. The van der Waals surface area contributed by atoms with Crippen LogP contribution in [0.15, 0.2) is 46.9 Å². The normalized spacial score (nSPS) is 11.6. The molecule has 0 radical (unpaired) electrons. The Morgan fingerprint density at radius 3 is 2.43 bits per heavy atom. The molecule has 6 heteroatoms. The van der Waals surface area contributed by atoms with Crippen molar-refractivity contribution in [2.24, 2.45) is 0 Å². The predicted molar refractivity (Wildman–Crippen MR) is 114 cm³/mol. The summed E-state index contributed by atoms with van der Waals surface area (Å²) in [6, 6.07) is 12.9. The van der Waals surface area contributed by atoms with Crippen LogP contribution < -0.4 is 10.1 Å². The number of benzene rings is 2. The number of hydrogen-bond acceptors (Lipinski definition) is 3. The number of aryl methyl sites for hydroxylation is 2. The third kappa shape index (κ3) is 6.09. The van der Waals surface area contributed by atoms with Crippen LogP contribution in [0.25, 0.3) is 0 Å². The molecular weight excluding hydrogens is 420 g/mol. The lowest BCUT2D eigenvalue weighted by molar-refractivity contribution is -0.142. The number of rotatable bonds is 8. The Morgan fingerprint density at radius 2 is 1.82 bits per heavy atom. The van der Waals surface area contributed by atoms with E-state index in [4.69, 9.17) is 4.74 Å². The Balaban J connectivity index is 2.15. The quantitative estimate of drug-likeness (QED) is 0.666. The van der Waals surface area contributed by atoms with Crippen LogP contribution in [0.5, 0.6) is 5.75 Å². The molecule has 0 aliphatic heterocycles. The Kier molecular flexibility index (Phi) is 8.05. The second-order valence-electron chi connectivity index (χ2n) is 6.78. The average molecular weight is 447 g/mol. The van der Waals surface area contributed by atoms with Crippen LogP contribution >= 0.6 is 15.9 Å². The molecule has 0 spiro atoms. The van der Waals surface area contributed by atoms with Crippen molar-refractivity contribution in [3.63, 3.8) is 0 Å². The van der Waals surface area contributed by atoms with Gasteiger partial charge in [-0.25, -0.2) is 0 Å². The van der Waals surface area contributed by atoms with E-state index in [0.717, 1.165) is 21.2 Å². The summed E-state index contributed by atoms with van der Waals surface area (Å²) < 4.78 is 6.71. The molecule has 2 amide bonds. The number of nitrogens with zero attached hydrogens (tertiary/aromatic N) is 1. The number of ether oxygens (including phenoxy) is 1. The average Bonchev–Trinajstić information content (AvgIpc) is 2.66. The first kappa shape index (κ1) is 22.0. The summed E-state index contributed by atoms with van der Waals surface area (Å²) in [5.74, 6) is 0.259. The van der Waals surface area contributed by atoms with Crippen LogP contribution in [0.1, 0.15) is 30.5 Å². The molecule has 0 aliphatic rings. The highest BCUT2D eigenvalue weighted by Crippen LogP contribution is 2.19. The monoisotopic (exact) mass is 446 g/mol. The van der Waals surface area contributed by atoms with E-state index in [9.17, 15) is 9.59 Å². The molecule has 0 heterocycles. The van der Waals surface area contributed by atoms with Gasteiger partial charge in [0.25, 0.3) is 5.91 Å². The molecule has 150 valence electrons. The zero-order chi connectivity index (χ0) is 20.7. The van der Waals surface area contributed by atoms with Gasteiger partial charge in [-0.1, -0.05) is 45.8 Å². The molecular formula is C22H27BrN2O3. The van der Waals surface area contributed by atoms with Gasteiger partial charge in [0, 0.05) is 17.6 Å². The molecule has 0 aromatic heterocycles. The third-order valence-corrected chi connectivity index (χ3v) is 4.99. The van der Waals surface area contributed by atoms with Crippen molar-refractivity contribution < 1.29 is 14.3 Å². The maximum Gasteiger partial charge on any atom is 0.261 e. The molecule has 0 saturated carbocycles. The second-order valence-corrected chi connectivity index (χ2v) is 7.69. The maximum atomic E-state index is 12.9. The molecule has 0 unspecified atom stereocenters. The van der Waals surface area contributed by atoms with E-state index in [0.29, 0.717) is 18.8 Å². The molecule has 2 aromatic carbocycles. The number of nitrogens with one attached hydrogen (secondary N) is 1. The summed E-state index contributed by atoms with van der Waals surface area (Å²) in [7, 11) is 0. The van der Waals surface area contributed by atoms with Gasteiger partial charge in [0.1, 0.15) is 11.8 Å². The van der Waals surface area contributed by atoms with E-state index in [2.05, 4.69) is 21.2 Å². The number of carbonyl (C=O) groups is 2. The summed E-state index contributed by atoms with van der Waals surface area (Å²) in [6.45, 7) is 8.28. The van der Waals surface area contributed by atoms with Gasteiger partial charge in [0.05, 0.1) is 0 Å². The van der Waals surface area contributed by atoms with Crippen molar-refractivity contribution in [3.05, 3.63) is 63.6 Å². The van der Waals surface area contributed by atoms with Gasteiger partial charge in [0.2, 0.25) is 5.91 Å². The van der Waals surface area contributed by atoms with Crippen molar-refractivity contribution in [2.75, 3.05) is 13.2 Å². The smallest absolute Gasteiger partial charge is 0.261 e. The van der Waals surface area contributed by atoms with Crippen LogP contribution in [-0.2, 0) is 16.1 Å². The fraction of sp³-hybridized carbons (Fsp3) is 0.364. The van der Waals surface area contributed by atoms with Gasteiger partial charge in [-0.3, -0.25) is 9.59 Å². The molecule has 0 aliphatic carbocycles. The lowest BCUT2D eigenvalue weighted by Gasteiger charge is -2.28.